The van der Waals surface area contributed by atoms with Crippen LogP contribution in [0.5, 0.6) is 5.75 Å². The molecule has 0 fully saturated rings. The molecule has 23 heavy (non-hydrogen) atoms. The number of nitrogen functional groups attached to an aromatic ring is 1. The van der Waals surface area contributed by atoms with Gasteiger partial charge in [0.1, 0.15) is 17.1 Å². The van der Waals surface area contributed by atoms with Gasteiger partial charge < -0.3 is 15.0 Å². The molecule has 0 bridgehead atoms. The van der Waals surface area contributed by atoms with E-state index >= 15 is 0 Å². The number of imidazole rings is 1. The third-order valence-electron chi connectivity index (χ3n) is 4.01. The van der Waals surface area contributed by atoms with Gasteiger partial charge in [-0.1, -0.05) is 20.8 Å². The number of aryl methyl sites for hydroxylation is 1. The van der Waals surface area contributed by atoms with Crippen molar-refractivity contribution < 1.29 is 4.74 Å². The first kappa shape index (κ1) is 15.6. The zero-order chi connectivity index (χ0) is 16.6. The highest BCUT2D eigenvalue weighted by molar-refractivity contribution is 6.06. The third-order valence-corrected chi connectivity index (χ3v) is 4.01. The Hall–Kier alpha value is -2.30. The molecule has 5 heteroatoms. The number of hydrogen-bond donors (Lipinski definition) is 1. The van der Waals surface area contributed by atoms with E-state index in [-0.39, 0.29) is 0 Å². The van der Waals surface area contributed by atoms with Crippen LogP contribution < -0.4 is 10.5 Å². The maximum absolute atomic E-state index is 6.20. The van der Waals surface area contributed by atoms with Crippen LogP contribution in [0.2, 0.25) is 0 Å². The minimum atomic E-state index is 0.487. The molecule has 2 heterocycles. The van der Waals surface area contributed by atoms with Crippen molar-refractivity contribution in [2.45, 2.75) is 40.2 Å². The second-order valence-corrected chi connectivity index (χ2v) is 6.36. The fourth-order valence-corrected chi connectivity index (χ4v) is 3.04. The number of aromatic nitrogens is 3. The second kappa shape index (κ2) is 6.07. The van der Waals surface area contributed by atoms with Crippen molar-refractivity contribution >= 4 is 27.8 Å². The number of rotatable bonds is 5. The van der Waals surface area contributed by atoms with E-state index in [0.29, 0.717) is 11.7 Å². The lowest BCUT2D eigenvalue weighted by atomic mass is 10.1. The molecule has 0 saturated heterocycles. The molecule has 0 aliphatic rings. The first-order valence-electron chi connectivity index (χ1n) is 8.17. The minimum Gasteiger partial charge on any atom is -0.497 e. The van der Waals surface area contributed by atoms with Crippen LogP contribution in [-0.2, 0) is 13.0 Å². The van der Waals surface area contributed by atoms with E-state index in [1.165, 1.54) is 0 Å². The van der Waals surface area contributed by atoms with Crippen molar-refractivity contribution in [3.63, 3.8) is 0 Å². The quantitative estimate of drug-likeness (QED) is 0.778. The van der Waals surface area contributed by atoms with Gasteiger partial charge in [0.25, 0.3) is 0 Å². The van der Waals surface area contributed by atoms with E-state index in [4.69, 9.17) is 15.5 Å². The van der Waals surface area contributed by atoms with Gasteiger partial charge in [-0.2, -0.15) is 0 Å². The van der Waals surface area contributed by atoms with Crippen molar-refractivity contribution in [3.05, 3.63) is 24.0 Å². The molecule has 3 rings (SSSR count). The first-order valence-corrected chi connectivity index (χ1v) is 8.17. The zero-order valence-corrected chi connectivity index (χ0v) is 14.3. The number of fused-ring (bicyclic) bond motifs is 3. The fourth-order valence-electron chi connectivity index (χ4n) is 3.04. The van der Waals surface area contributed by atoms with Crippen LogP contribution in [0.15, 0.2) is 18.2 Å². The maximum Gasteiger partial charge on any atom is 0.152 e. The van der Waals surface area contributed by atoms with Gasteiger partial charge in [0.15, 0.2) is 5.82 Å². The molecule has 122 valence electrons. The van der Waals surface area contributed by atoms with Gasteiger partial charge >= 0.3 is 0 Å². The van der Waals surface area contributed by atoms with E-state index in [0.717, 1.165) is 52.9 Å². The van der Waals surface area contributed by atoms with E-state index < -0.39 is 0 Å². The predicted octanol–water partition coefficient (Wildman–Crippen LogP) is 3.78. The molecule has 0 unspecified atom stereocenters. The lowest BCUT2D eigenvalue weighted by Crippen LogP contribution is -2.09. The molecule has 0 saturated carbocycles. The summed E-state index contributed by atoms with van der Waals surface area (Å²) in [6.45, 7) is 7.54. The zero-order valence-electron chi connectivity index (χ0n) is 14.3. The highest BCUT2D eigenvalue weighted by Crippen LogP contribution is 2.31. The van der Waals surface area contributed by atoms with E-state index in [2.05, 4.69) is 36.4 Å². The summed E-state index contributed by atoms with van der Waals surface area (Å²) in [4.78, 5) is 9.32. The summed E-state index contributed by atoms with van der Waals surface area (Å²) in [6.07, 6.45) is 2.00. The second-order valence-electron chi connectivity index (χ2n) is 6.36. The lowest BCUT2D eigenvalue weighted by molar-refractivity contribution is 0.415. The van der Waals surface area contributed by atoms with Gasteiger partial charge in [-0.25, -0.2) is 9.97 Å². The van der Waals surface area contributed by atoms with Crippen molar-refractivity contribution in [2.75, 3.05) is 12.8 Å². The first-order chi connectivity index (χ1) is 11.0. The Kier molecular flexibility index (Phi) is 4.11. The Balaban J connectivity index is 2.37. The number of ether oxygens (including phenoxy) is 1. The summed E-state index contributed by atoms with van der Waals surface area (Å²) >= 11 is 0. The van der Waals surface area contributed by atoms with Crippen molar-refractivity contribution in [1.29, 1.82) is 0 Å². The normalized spacial score (nSPS) is 11.7. The number of nitrogens with zero attached hydrogens (tertiary/aromatic N) is 3. The van der Waals surface area contributed by atoms with Crippen LogP contribution in [0.1, 0.15) is 33.0 Å². The number of anilines is 1. The lowest BCUT2D eigenvalue weighted by Gasteiger charge is -2.13. The monoisotopic (exact) mass is 312 g/mol. The van der Waals surface area contributed by atoms with E-state index in [1.54, 1.807) is 7.11 Å². The molecule has 5 nitrogen and oxygen atoms in total. The number of methoxy groups -OCH3 is 1. The van der Waals surface area contributed by atoms with Crippen LogP contribution in [0.4, 0.5) is 5.82 Å². The Morgan fingerprint density at radius 1 is 1.26 bits per heavy atom. The summed E-state index contributed by atoms with van der Waals surface area (Å²) in [5.41, 5.74) is 8.95. The van der Waals surface area contributed by atoms with Crippen LogP contribution >= 0.6 is 0 Å². The molecular formula is C18H24N4O. The molecule has 0 spiro atoms. The summed E-state index contributed by atoms with van der Waals surface area (Å²) in [5, 5.41) is 1.07. The molecule has 3 aromatic rings. The van der Waals surface area contributed by atoms with Gasteiger partial charge in [-0.05, 0) is 24.5 Å². The maximum atomic E-state index is 6.20. The third kappa shape index (κ3) is 2.71. The van der Waals surface area contributed by atoms with Gasteiger partial charge in [0.2, 0.25) is 0 Å². The Bertz CT molecular complexity index is 851. The van der Waals surface area contributed by atoms with Crippen LogP contribution in [0.3, 0.4) is 0 Å². The van der Waals surface area contributed by atoms with Gasteiger partial charge in [0.05, 0.1) is 18.1 Å². The van der Waals surface area contributed by atoms with Gasteiger partial charge in [0, 0.05) is 24.4 Å². The smallest absolute Gasteiger partial charge is 0.152 e. The SMILES string of the molecule is CCCc1nc2c(N)nc3cc(OC)ccc3c2n1CC(C)C. The average molecular weight is 312 g/mol. The molecule has 1 aromatic carbocycles. The molecule has 0 aliphatic carbocycles. The van der Waals surface area contributed by atoms with Crippen molar-refractivity contribution in [3.8, 4) is 5.75 Å². The number of hydrogen-bond acceptors (Lipinski definition) is 4. The average Bonchev–Trinajstić information content (AvgIpc) is 2.86. The van der Waals surface area contributed by atoms with E-state index in [1.807, 2.05) is 12.1 Å². The molecule has 2 N–H and O–H groups in total. The molecule has 0 atom stereocenters. The standard InChI is InChI=1S/C18H24N4O/c1-5-6-15-21-16-17(22(15)10-11(2)3)13-8-7-12(23-4)9-14(13)20-18(16)19/h7-9,11H,5-6,10H2,1-4H3,(H2,19,20). The highest BCUT2D eigenvalue weighted by atomic mass is 16.5. The fraction of sp³-hybridized carbons (Fsp3) is 0.444. The molecule has 0 radical (unpaired) electrons. The number of benzene rings is 1. The van der Waals surface area contributed by atoms with Crippen LogP contribution in [-0.4, -0.2) is 21.6 Å². The molecular weight excluding hydrogens is 288 g/mol. The Labute approximate surface area is 136 Å². The van der Waals surface area contributed by atoms with Gasteiger partial charge in [-0.15, -0.1) is 0 Å². The number of pyridine rings is 1. The van der Waals surface area contributed by atoms with Crippen LogP contribution in [0.25, 0.3) is 21.9 Å². The predicted molar refractivity (Wildman–Crippen MR) is 94.8 cm³/mol. The highest BCUT2D eigenvalue weighted by Gasteiger charge is 2.17. The van der Waals surface area contributed by atoms with Crippen molar-refractivity contribution in [1.82, 2.24) is 14.5 Å². The minimum absolute atomic E-state index is 0.487. The van der Waals surface area contributed by atoms with E-state index in [9.17, 15) is 0 Å². The molecule has 2 aromatic heterocycles. The Morgan fingerprint density at radius 3 is 2.70 bits per heavy atom. The topological polar surface area (TPSA) is 66.0 Å². The van der Waals surface area contributed by atoms with Gasteiger partial charge in [-0.3, -0.25) is 0 Å². The molecule has 0 aliphatic heterocycles. The molecule has 0 amide bonds. The Morgan fingerprint density at radius 2 is 2.04 bits per heavy atom. The largest absolute Gasteiger partial charge is 0.497 e. The number of nitrogens with two attached hydrogens (primary N) is 1. The van der Waals surface area contributed by atoms with Crippen LogP contribution in [0, 0.1) is 5.92 Å². The summed E-state index contributed by atoms with van der Waals surface area (Å²) in [7, 11) is 1.66. The summed E-state index contributed by atoms with van der Waals surface area (Å²) < 4.78 is 7.63. The summed E-state index contributed by atoms with van der Waals surface area (Å²) in [6, 6.07) is 5.94. The summed E-state index contributed by atoms with van der Waals surface area (Å²) in [5.74, 6) is 2.90. The van der Waals surface area contributed by atoms with Crippen molar-refractivity contribution in [2.24, 2.45) is 5.92 Å².